The molecular weight excluding hydrogens is 588 g/mol. The van der Waals surface area contributed by atoms with E-state index in [9.17, 15) is 18.5 Å². The minimum atomic E-state index is -1.95. The largest absolute Gasteiger partial charge is 0.504 e. The van der Waals surface area contributed by atoms with Crippen LogP contribution in [0, 0.1) is 17.0 Å². The van der Waals surface area contributed by atoms with E-state index in [1.807, 2.05) is 0 Å². The number of nitrogens with one attached hydrogen (secondary N) is 1. The zero-order valence-electron chi connectivity index (χ0n) is 22.1. The van der Waals surface area contributed by atoms with Crippen molar-refractivity contribution >= 4 is 28.8 Å². The van der Waals surface area contributed by atoms with Crippen molar-refractivity contribution in [1.82, 2.24) is 19.9 Å². The molecule has 3 heterocycles. The van der Waals surface area contributed by atoms with Crippen LogP contribution in [-0.4, -0.2) is 65.9 Å². The molecule has 0 amide bonds. The predicted octanol–water partition coefficient (Wildman–Crippen LogP) is 3.60. The molecular formula is C27H21F2N7O6S. The first kappa shape index (κ1) is 29.2. The number of nitrogens with two attached hydrogens (primary N) is 1. The van der Waals surface area contributed by atoms with Crippen LogP contribution in [0.5, 0.6) is 28.9 Å². The average molecular weight is 610 g/mol. The number of phenols is 1. The van der Waals surface area contributed by atoms with Gasteiger partial charge in [-0.25, -0.2) is 28.3 Å². The van der Waals surface area contributed by atoms with Gasteiger partial charge in [0, 0.05) is 41.2 Å². The number of carboxylic acid groups (broad SMARTS) is 1. The summed E-state index contributed by atoms with van der Waals surface area (Å²) >= 11 is 0. The normalized spacial score (nSPS) is 15.3. The number of carbonyl (C=O) groups is 1. The molecule has 1 aliphatic rings. The van der Waals surface area contributed by atoms with Crippen molar-refractivity contribution in [3.63, 3.8) is 0 Å². The highest BCUT2D eigenvalue weighted by atomic mass is 32.2. The van der Waals surface area contributed by atoms with Crippen LogP contribution in [0.15, 0.2) is 70.0 Å². The topological polar surface area (TPSA) is 197 Å². The molecule has 5 N–H and O–H groups in total. The van der Waals surface area contributed by atoms with E-state index in [0.29, 0.717) is 18.3 Å². The van der Waals surface area contributed by atoms with Crippen LogP contribution in [0.3, 0.4) is 0 Å². The van der Waals surface area contributed by atoms with Gasteiger partial charge in [-0.3, -0.25) is 15.3 Å². The van der Waals surface area contributed by atoms with Crippen molar-refractivity contribution < 1.29 is 37.5 Å². The third kappa shape index (κ3) is 6.00. The van der Waals surface area contributed by atoms with E-state index in [0.717, 1.165) is 12.4 Å². The summed E-state index contributed by atoms with van der Waals surface area (Å²) < 4.78 is 54.7. The Balaban J connectivity index is 1.51. The number of aromatic carboxylic acids is 1. The first-order valence-corrected chi connectivity index (χ1v) is 13.4. The summed E-state index contributed by atoms with van der Waals surface area (Å²) in [5, 5.41) is 26.6. The SMILES string of the molecule is CN1CC=NC1c1cc(S(=O)c2ncc(C(=O)O)cn2)ccc1Oc1c(F)cnc(Oc2cc(C(=N)N)ccc2O)c1F. The summed E-state index contributed by atoms with van der Waals surface area (Å²) in [5.41, 5.74) is 5.76. The fourth-order valence-corrected chi connectivity index (χ4v) is 4.88. The van der Waals surface area contributed by atoms with E-state index in [-0.39, 0.29) is 38.5 Å². The van der Waals surface area contributed by atoms with Gasteiger partial charge in [0.25, 0.3) is 5.88 Å². The Labute approximate surface area is 244 Å². The number of carboxylic acids is 1. The molecule has 43 heavy (non-hydrogen) atoms. The van der Waals surface area contributed by atoms with Gasteiger partial charge >= 0.3 is 5.97 Å². The van der Waals surface area contributed by atoms with Crippen LogP contribution < -0.4 is 15.2 Å². The molecule has 1 aliphatic heterocycles. The highest BCUT2D eigenvalue weighted by molar-refractivity contribution is 7.84. The standard InChI is InChI=1S/C27H21F2N7O6S/c1-36-7-6-32-24(36)16-9-15(43(40)27-34-10-14(11-35-27)26(38)39)3-5-19(16)41-22-17(28)12-33-25(21(22)29)42-20-8-13(23(30)31)2-4-18(20)37/h2-6,8-12,24,37H,7H2,1H3,(H3,30,31)(H,38,39). The lowest BCUT2D eigenvalue weighted by Gasteiger charge is -2.22. The van der Waals surface area contributed by atoms with Gasteiger partial charge in [-0.2, -0.15) is 4.39 Å². The zero-order valence-corrected chi connectivity index (χ0v) is 22.9. The van der Waals surface area contributed by atoms with Crippen molar-refractivity contribution in [2.45, 2.75) is 16.2 Å². The third-order valence-electron chi connectivity index (χ3n) is 6.14. The van der Waals surface area contributed by atoms with Crippen molar-refractivity contribution in [3.05, 3.63) is 83.3 Å². The predicted molar refractivity (Wildman–Crippen MR) is 147 cm³/mol. The number of nitrogen functional groups attached to an aromatic ring is 1. The van der Waals surface area contributed by atoms with Crippen LogP contribution in [0.25, 0.3) is 0 Å². The molecule has 0 aliphatic carbocycles. The summed E-state index contributed by atoms with van der Waals surface area (Å²) in [5.74, 6) is -6.41. The molecule has 13 nitrogen and oxygen atoms in total. The Hall–Kier alpha value is -5.35. The van der Waals surface area contributed by atoms with Gasteiger partial charge in [0.2, 0.25) is 16.7 Å². The fraction of sp³-hybridized carbons (Fsp3) is 0.111. The van der Waals surface area contributed by atoms with E-state index < -0.39 is 51.9 Å². The molecule has 0 fully saturated rings. The molecule has 0 spiro atoms. The number of amidine groups is 1. The molecule has 0 saturated carbocycles. The quantitative estimate of drug-likeness (QED) is 0.123. The van der Waals surface area contributed by atoms with Crippen molar-refractivity contribution in [3.8, 4) is 28.9 Å². The zero-order chi connectivity index (χ0) is 30.8. The maximum Gasteiger partial charge on any atom is 0.338 e. The highest BCUT2D eigenvalue weighted by Gasteiger charge is 2.27. The highest BCUT2D eigenvalue weighted by Crippen LogP contribution is 2.40. The van der Waals surface area contributed by atoms with Crippen LogP contribution in [0.4, 0.5) is 8.78 Å². The molecule has 2 aromatic carbocycles. The van der Waals surface area contributed by atoms with Gasteiger partial charge in [0.05, 0.1) is 11.8 Å². The molecule has 16 heteroatoms. The smallest absolute Gasteiger partial charge is 0.338 e. The molecule has 0 bridgehead atoms. The third-order valence-corrected chi connectivity index (χ3v) is 7.36. The van der Waals surface area contributed by atoms with Gasteiger partial charge in [-0.15, -0.1) is 0 Å². The maximum atomic E-state index is 15.6. The average Bonchev–Trinajstić information content (AvgIpc) is 3.42. The van der Waals surface area contributed by atoms with E-state index in [1.54, 1.807) is 18.2 Å². The second kappa shape index (κ2) is 11.9. The van der Waals surface area contributed by atoms with Gasteiger partial charge in [0.15, 0.2) is 17.3 Å². The molecule has 2 unspecified atom stereocenters. The van der Waals surface area contributed by atoms with Crippen LogP contribution in [0.1, 0.15) is 27.7 Å². The Bertz CT molecular complexity index is 1810. The number of aromatic nitrogens is 3. The number of aliphatic imine (C=N–C) groups is 1. The molecule has 220 valence electrons. The van der Waals surface area contributed by atoms with Gasteiger partial charge < -0.3 is 25.4 Å². The van der Waals surface area contributed by atoms with Gasteiger partial charge in [0.1, 0.15) is 28.6 Å². The number of aromatic hydroxyl groups is 1. The number of ether oxygens (including phenoxy) is 2. The fourth-order valence-electron chi connectivity index (χ4n) is 3.95. The monoisotopic (exact) mass is 609 g/mol. The summed E-state index contributed by atoms with van der Waals surface area (Å²) in [6.45, 7) is 0.454. The summed E-state index contributed by atoms with van der Waals surface area (Å²) in [6, 6.07) is 7.91. The minimum Gasteiger partial charge on any atom is -0.504 e. The second-order valence-corrected chi connectivity index (χ2v) is 10.4. The molecule has 2 aromatic heterocycles. The number of hydrogen-bond donors (Lipinski definition) is 4. The lowest BCUT2D eigenvalue weighted by molar-refractivity contribution is 0.0695. The number of benzene rings is 2. The van der Waals surface area contributed by atoms with Crippen LogP contribution in [0.2, 0.25) is 0 Å². The maximum absolute atomic E-state index is 15.6. The summed E-state index contributed by atoms with van der Waals surface area (Å²) in [7, 11) is -0.204. The lowest BCUT2D eigenvalue weighted by Crippen LogP contribution is -2.19. The second-order valence-electron chi connectivity index (χ2n) is 9.03. The number of pyridine rings is 1. The Morgan fingerprint density at radius 2 is 1.81 bits per heavy atom. The van der Waals surface area contributed by atoms with Gasteiger partial charge in [-0.05, 0) is 43.4 Å². The van der Waals surface area contributed by atoms with Crippen LogP contribution >= 0.6 is 0 Å². The van der Waals surface area contributed by atoms with Gasteiger partial charge in [-0.1, -0.05) is 0 Å². The molecule has 5 rings (SSSR count). The van der Waals surface area contributed by atoms with E-state index in [1.165, 1.54) is 36.4 Å². The molecule has 4 aromatic rings. The number of phenolic OH excluding ortho intramolecular Hbond substituents is 1. The summed E-state index contributed by atoms with van der Waals surface area (Å²) in [4.78, 5) is 28.9. The Morgan fingerprint density at radius 1 is 1.07 bits per heavy atom. The van der Waals surface area contributed by atoms with Crippen LogP contribution in [-0.2, 0) is 10.8 Å². The first-order chi connectivity index (χ1) is 20.5. The molecule has 2 atom stereocenters. The molecule has 0 radical (unpaired) electrons. The summed E-state index contributed by atoms with van der Waals surface area (Å²) in [6.07, 6.45) is 3.69. The minimum absolute atomic E-state index is 0.0323. The number of hydrogen-bond acceptors (Lipinski definition) is 11. The number of rotatable bonds is 9. The van der Waals surface area contributed by atoms with Crippen molar-refractivity contribution in [2.24, 2.45) is 10.7 Å². The Kier molecular flexibility index (Phi) is 8.05. The lowest BCUT2D eigenvalue weighted by atomic mass is 10.1. The van der Waals surface area contributed by atoms with E-state index in [2.05, 4.69) is 19.9 Å². The van der Waals surface area contributed by atoms with E-state index in [4.69, 9.17) is 25.7 Å². The van der Waals surface area contributed by atoms with Crippen molar-refractivity contribution in [1.29, 1.82) is 5.41 Å². The van der Waals surface area contributed by atoms with Crippen molar-refractivity contribution in [2.75, 3.05) is 13.6 Å². The Morgan fingerprint density at radius 3 is 2.47 bits per heavy atom. The number of halogens is 2. The number of nitrogens with zero attached hydrogens (tertiary/aromatic N) is 5. The molecule has 0 saturated heterocycles. The first-order valence-electron chi connectivity index (χ1n) is 12.2. The van der Waals surface area contributed by atoms with E-state index >= 15 is 4.39 Å².